The molecule has 0 spiro atoms. The minimum atomic E-state index is -0.623. The first-order valence-corrected chi connectivity index (χ1v) is 7.68. The molecule has 102 valence electrons. The Kier molecular flexibility index (Phi) is 4.03. The number of para-hydroxylation sites is 1. The Hall–Kier alpha value is -1.07. The highest BCUT2D eigenvalue weighted by Crippen LogP contribution is 2.23. The zero-order valence-electron chi connectivity index (χ0n) is 10.8. The van der Waals surface area contributed by atoms with Crippen LogP contribution >= 0.6 is 11.8 Å². The third-order valence-corrected chi connectivity index (χ3v) is 4.40. The van der Waals surface area contributed by atoms with Crippen LogP contribution in [0, 0.1) is 0 Å². The van der Waals surface area contributed by atoms with E-state index in [9.17, 15) is 4.39 Å². The molecule has 2 aliphatic heterocycles. The van der Waals surface area contributed by atoms with Crippen molar-refractivity contribution in [1.29, 1.82) is 0 Å². The van der Waals surface area contributed by atoms with E-state index in [1.54, 1.807) is 11.8 Å². The largest absolute Gasteiger partial charge is 0.335 e. The van der Waals surface area contributed by atoms with Gasteiger partial charge < -0.3 is 5.32 Å². The zero-order chi connectivity index (χ0) is 13.1. The van der Waals surface area contributed by atoms with E-state index in [1.165, 1.54) is 5.56 Å². The summed E-state index contributed by atoms with van der Waals surface area (Å²) in [6, 6.07) is 8.25. The molecule has 3 nitrogen and oxygen atoms in total. The minimum Gasteiger partial charge on any atom is -0.335 e. The molecule has 1 N–H and O–H groups in total. The number of aliphatic imine (C=N–C) groups is 1. The van der Waals surface area contributed by atoms with Crippen molar-refractivity contribution in [3.05, 3.63) is 29.8 Å². The summed E-state index contributed by atoms with van der Waals surface area (Å²) in [7, 11) is 0. The van der Waals surface area contributed by atoms with Gasteiger partial charge in [0.25, 0.3) is 0 Å². The summed E-state index contributed by atoms with van der Waals surface area (Å²) in [4.78, 5) is 6.72. The summed E-state index contributed by atoms with van der Waals surface area (Å²) >= 11 is 1.72. The summed E-state index contributed by atoms with van der Waals surface area (Å²) in [5.74, 6) is 0.959. The highest BCUT2D eigenvalue weighted by molar-refractivity contribution is 8.14. The van der Waals surface area contributed by atoms with Gasteiger partial charge in [0, 0.05) is 31.1 Å². The fraction of sp³-hybridized carbons (Fsp3) is 0.500. The predicted octanol–water partition coefficient (Wildman–Crippen LogP) is 2.75. The molecule has 5 heteroatoms. The van der Waals surface area contributed by atoms with Crippen molar-refractivity contribution in [2.24, 2.45) is 4.99 Å². The van der Waals surface area contributed by atoms with Crippen LogP contribution in [0.4, 0.5) is 10.1 Å². The van der Waals surface area contributed by atoms with Crippen LogP contribution in [0.3, 0.4) is 0 Å². The number of nitrogens with zero attached hydrogens (tertiary/aromatic N) is 2. The van der Waals surface area contributed by atoms with Gasteiger partial charge in [-0.25, -0.2) is 4.39 Å². The standard InChI is InChI=1S/C14H18FN3S/c15-12-5-6-18(10-12)7-8-19-14-16-9-11-3-1-2-4-13(11)17-14/h1-4,12H,5-10H2,(H,16,17)/t12-/m0/s1. The smallest absolute Gasteiger partial charge is 0.161 e. The van der Waals surface area contributed by atoms with Crippen molar-refractivity contribution < 1.29 is 4.39 Å². The molecule has 19 heavy (non-hydrogen) atoms. The van der Waals surface area contributed by atoms with Crippen molar-refractivity contribution in [2.75, 3.05) is 30.7 Å². The number of hydrogen-bond acceptors (Lipinski definition) is 4. The molecule has 0 amide bonds. The summed E-state index contributed by atoms with van der Waals surface area (Å²) in [5.41, 5.74) is 2.40. The molecule has 2 aliphatic rings. The molecule has 0 saturated carbocycles. The number of alkyl halides is 1. The van der Waals surface area contributed by atoms with E-state index in [1.807, 2.05) is 12.1 Å². The highest BCUT2D eigenvalue weighted by atomic mass is 32.2. The lowest BCUT2D eigenvalue weighted by Crippen LogP contribution is -2.25. The van der Waals surface area contributed by atoms with Crippen LogP contribution in [-0.2, 0) is 6.54 Å². The average Bonchev–Trinajstić information content (AvgIpc) is 2.84. The van der Waals surface area contributed by atoms with Gasteiger partial charge in [-0.05, 0) is 18.1 Å². The van der Waals surface area contributed by atoms with E-state index in [0.29, 0.717) is 13.0 Å². The Morgan fingerprint density at radius 2 is 2.32 bits per heavy atom. The van der Waals surface area contributed by atoms with Crippen molar-refractivity contribution in [3.8, 4) is 0 Å². The second-order valence-electron chi connectivity index (χ2n) is 4.94. The minimum absolute atomic E-state index is 0.600. The summed E-state index contributed by atoms with van der Waals surface area (Å²) in [5, 5.41) is 4.33. The second-order valence-corrected chi connectivity index (χ2v) is 6.02. The number of anilines is 1. The highest BCUT2D eigenvalue weighted by Gasteiger charge is 2.21. The van der Waals surface area contributed by atoms with Crippen LogP contribution in [-0.4, -0.2) is 41.6 Å². The van der Waals surface area contributed by atoms with E-state index in [2.05, 4.69) is 27.3 Å². The van der Waals surface area contributed by atoms with Gasteiger partial charge in [-0.2, -0.15) is 0 Å². The van der Waals surface area contributed by atoms with E-state index in [0.717, 1.165) is 36.2 Å². The van der Waals surface area contributed by atoms with Crippen LogP contribution in [0.1, 0.15) is 12.0 Å². The fourth-order valence-corrected chi connectivity index (χ4v) is 3.31. The van der Waals surface area contributed by atoms with E-state index in [-0.39, 0.29) is 0 Å². The Bertz CT molecular complexity index is 478. The number of halogens is 1. The lowest BCUT2D eigenvalue weighted by atomic mass is 10.1. The second kappa shape index (κ2) is 5.92. The Labute approximate surface area is 117 Å². The summed E-state index contributed by atoms with van der Waals surface area (Å²) in [6.07, 6.45) is 0.0686. The number of fused-ring (bicyclic) bond motifs is 1. The molecular formula is C14H18FN3S. The van der Waals surface area contributed by atoms with E-state index >= 15 is 0 Å². The van der Waals surface area contributed by atoms with Gasteiger partial charge in [0.1, 0.15) is 6.17 Å². The molecule has 0 unspecified atom stereocenters. The molecule has 0 aliphatic carbocycles. The zero-order valence-corrected chi connectivity index (χ0v) is 11.6. The molecule has 1 aromatic rings. The first-order valence-electron chi connectivity index (χ1n) is 6.70. The molecule has 1 atom stereocenters. The van der Waals surface area contributed by atoms with Crippen molar-refractivity contribution >= 4 is 22.6 Å². The first-order chi connectivity index (χ1) is 9.31. The number of nitrogens with one attached hydrogen (secondary N) is 1. The third kappa shape index (κ3) is 3.28. The fourth-order valence-electron chi connectivity index (χ4n) is 2.43. The Morgan fingerprint density at radius 1 is 1.42 bits per heavy atom. The topological polar surface area (TPSA) is 27.6 Å². The molecule has 0 radical (unpaired) electrons. The molecule has 1 fully saturated rings. The first kappa shape index (κ1) is 12.9. The third-order valence-electron chi connectivity index (χ3n) is 3.51. The van der Waals surface area contributed by atoms with Crippen LogP contribution in [0.15, 0.2) is 29.3 Å². The van der Waals surface area contributed by atoms with Gasteiger partial charge in [-0.15, -0.1) is 0 Å². The molecular weight excluding hydrogens is 261 g/mol. The van der Waals surface area contributed by atoms with Gasteiger partial charge in [-0.3, -0.25) is 9.89 Å². The number of hydrogen-bond donors (Lipinski definition) is 1. The number of thioether (sulfide) groups is 1. The molecule has 1 aromatic carbocycles. The van der Waals surface area contributed by atoms with Gasteiger partial charge >= 0.3 is 0 Å². The van der Waals surface area contributed by atoms with E-state index in [4.69, 9.17) is 0 Å². The maximum atomic E-state index is 13.0. The summed E-state index contributed by atoms with van der Waals surface area (Å²) < 4.78 is 13.0. The lowest BCUT2D eigenvalue weighted by Gasteiger charge is -2.19. The van der Waals surface area contributed by atoms with Gasteiger partial charge in [-0.1, -0.05) is 30.0 Å². The SMILES string of the molecule is F[C@H]1CCN(CCSC2=NCc3ccccc3N2)C1. The summed E-state index contributed by atoms with van der Waals surface area (Å²) in [6.45, 7) is 3.18. The molecule has 0 bridgehead atoms. The molecule has 0 aromatic heterocycles. The van der Waals surface area contributed by atoms with Crippen LogP contribution in [0.25, 0.3) is 0 Å². The van der Waals surface area contributed by atoms with Gasteiger partial charge in [0.2, 0.25) is 0 Å². The normalized spacial score (nSPS) is 22.8. The average molecular weight is 279 g/mol. The lowest BCUT2D eigenvalue weighted by molar-refractivity contribution is 0.299. The maximum absolute atomic E-state index is 13.0. The van der Waals surface area contributed by atoms with Gasteiger partial charge in [0.05, 0.1) is 6.54 Å². The molecule has 3 rings (SSSR count). The number of benzene rings is 1. The Morgan fingerprint density at radius 3 is 3.16 bits per heavy atom. The molecule has 2 heterocycles. The van der Waals surface area contributed by atoms with Gasteiger partial charge in [0.15, 0.2) is 5.17 Å². The van der Waals surface area contributed by atoms with Crippen LogP contribution in [0.5, 0.6) is 0 Å². The van der Waals surface area contributed by atoms with Crippen molar-refractivity contribution in [3.63, 3.8) is 0 Å². The number of rotatable bonds is 3. The van der Waals surface area contributed by atoms with Crippen LogP contribution < -0.4 is 5.32 Å². The monoisotopic (exact) mass is 279 g/mol. The van der Waals surface area contributed by atoms with Crippen molar-refractivity contribution in [1.82, 2.24) is 4.90 Å². The van der Waals surface area contributed by atoms with Crippen molar-refractivity contribution in [2.45, 2.75) is 19.1 Å². The Balaban J connectivity index is 1.46. The number of likely N-dealkylation sites (tertiary alicyclic amines) is 1. The molecule has 1 saturated heterocycles. The number of amidine groups is 1. The van der Waals surface area contributed by atoms with Crippen LogP contribution in [0.2, 0.25) is 0 Å². The quantitative estimate of drug-likeness (QED) is 0.922. The predicted molar refractivity (Wildman–Crippen MR) is 79.6 cm³/mol. The maximum Gasteiger partial charge on any atom is 0.161 e. The van der Waals surface area contributed by atoms with E-state index < -0.39 is 6.17 Å².